The number of sulfonamides is 1. The van der Waals surface area contributed by atoms with E-state index in [1.165, 1.54) is 6.07 Å². The zero-order valence-corrected chi connectivity index (χ0v) is 18.3. The van der Waals surface area contributed by atoms with Crippen molar-refractivity contribution in [3.8, 4) is 0 Å². The van der Waals surface area contributed by atoms with Crippen LogP contribution in [0.15, 0.2) is 34.2 Å². The van der Waals surface area contributed by atoms with Crippen molar-refractivity contribution < 1.29 is 18.0 Å². The smallest absolute Gasteiger partial charge is 0.263 e. The number of amides is 2. The molecule has 1 aromatic rings. The Labute approximate surface area is 178 Å². The number of amidine groups is 1. The van der Waals surface area contributed by atoms with Gasteiger partial charge in [-0.2, -0.15) is 0 Å². The van der Waals surface area contributed by atoms with Crippen LogP contribution in [0.4, 0.5) is 0 Å². The molecule has 2 atom stereocenters. The second kappa shape index (κ2) is 9.59. The number of hydrogen-bond donors (Lipinski definition) is 3. The summed E-state index contributed by atoms with van der Waals surface area (Å²) in [4.78, 5) is 29.5. The SMILES string of the molecule is CC[C@H](C)[C@H](N=C1NS(=O)(=O)c2ccccc21)C(=O)NCCNC(=O)C1CCCC1. The first-order valence-electron chi connectivity index (χ1n) is 10.6. The molecule has 0 unspecified atom stereocenters. The first-order valence-corrected chi connectivity index (χ1v) is 12.1. The Morgan fingerprint density at radius 1 is 1.17 bits per heavy atom. The summed E-state index contributed by atoms with van der Waals surface area (Å²) in [5.74, 6) is -0.0214. The summed E-state index contributed by atoms with van der Waals surface area (Å²) < 4.78 is 27.1. The molecule has 8 nitrogen and oxygen atoms in total. The highest BCUT2D eigenvalue weighted by Gasteiger charge is 2.33. The first-order chi connectivity index (χ1) is 14.3. The molecule has 9 heteroatoms. The third kappa shape index (κ3) is 5.00. The van der Waals surface area contributed by atoms with E-state index in [-0.39, 0.29) is 34.4 Å². The van der Waals surface area contributed by atoms with Crippen LogP contribution in [-0.2, 0) is 19.6 Å². The third-order valence-electron chi connectivity index (χ3n) is 5.83. The van der Waals surface area contributed by atoms with Crippen molar-refractivity contribution in [1.29, 1.82) is 0 Å². The highest BCUT2D eigenvalue weighted by Crippen LogP contribution is 2.25. The Balaban J connectivity index is 1.64. The predicted octanol–water partition coefficient (Wildman–Crippen LogP) is 1.56. The number of nitrogens with one attached hydrogen (secondary N) is 3. The Hall–Kier alpha value is -2.42. The van der Waals surface area contributed by atoms with Crippen molar-refractivity contribution in [3.05, 3.63) is 29.8 Å². The molecule has 1 fully saturated rings. The molecule has 0 aromatic heterocycles. The number of nitrogens with zero attached hydrogens (tertiary/aromatic N) is 1. The fourth-order valence-electron chi connectivity index (χ4n) is 3.84. The summed E-state index contributed by atoms with van der Waals surface area (Å²) in [6.45, 7) is 4.53. The number of carbonyl (C=O) groups excluding carboxylic acids is 2. The average molecular weight is 435 g/mol. The lowest BCUT2D eigenvalue weighted by Crippen LogP contribution is -2.43. The maximum atomic E-state index is 12.8. The van der Waals surface area contributed by atoms with E-state index in [1.807, 2.05) is 13.8 Å². The molecule has 3 rings (SSSR count). The summed E-state index contributed by atoms with van der Waals surface area (Å²) >= 11 is 0. The molecule has 2 amide bonds. The number of hydrogen-bond acceptors (Lipinski definition) is 5. The van der Waals surface area contributed by atoms with Crippen LogP contribution < -0.4 is 15.4 Å². The minimum Gasteiger partial charge on any atom is -0.354 e. The monoisotopic (exact) mass is 434 g/mol. The van der Waals surface area contributed by atoms with Crippen LogP contribution in [0, 0.1) is 11.8 Å². The van der Waals surface area contributed by atoms with Crippen molar-refractivity contribution in [1.82, 2.24) is 15.4 Å². The molecule has 0 radical (unpaired) electrons. The van der Waals surface area contributed by atoms with E-state index >= 15 is 0 Å². The Morgan fingerprint density at radius 2 is 1.83 bits per heavy atom. The molecule has 1 aliphatic carbocycles. The Morgan fingerprint density at radius 3 is 2.53 bits per heavy atom. The van der Waals surface area contributed by atoms with E-state index in [2.05, 4.69) is 20.3 Å². The summed E-state index contributed by atoms with van der Waals surface area (Å²) in [7, 11) is -3.66. The number of aliphatic imine (C=N–C) groups is 1. The van der Waals surface area contributed by atoms with Crippen LogP contribution in [0.2, 0.25) is 0 Å². The van der Waals surface area contributed by atoms with Gasteiger partial charge in [0.2, 0.25) is 11.8 Å². The van der Waals surface area contributed by atoms with Gasteiger partial charge in [0.25, 0.3) is 10.0 Å². The number of benzene rings is 1. The molecular weight excluding hydrogens is 404 g/mol. The lowest BCUT2D eigenvalue weighted by molar-refractivity contribution is -0.126. The van der Waals surface area contributed by atoms with E-state index in [1.54, 1.807) is 18.2 Å². The van der Waals surface area contributed by atoms with Crippen molar-refractivity contribution in [2.45, 2.75) is 56.9 Å². The number of carbonyl (C=O) groups is 2. The summed E-state index contributed by atoms with van der Waals surface area (Å²) in [5.41, 5.74) is 0.474. The van der Waals surface area contributed by atoms with Crippen molar-refractivity contribution in [2.24, 2.45) is 16.8 Å². The molecule has 2 aliphatic rings. The topological polar surface area (TPSA) is 117 Å². The predicted molar refractivity (Wildman–Crippen MR) is 115 cm³/mol. The van der Waals surface area contributed by atoms with Gasteiger partial charge in [0.05, 0.1) is 4.90 Å². The van der Waals surface area contributed by atoms with Crippen LogP contribution in [0.1, 0.15) is 51.5 Å². The first kappa shape index (κ1) is 22.3. The van der Waals surface area contributed by atoms with Gasteiger partial charge in [0.1, 0.15) is 11.9 Å². The summed E-state index contributed by atoms with van der Waals surface area (Å²) in [6.07, 6.45) is 4.77. The van der Waals surface area contributed by atoms with E-state index < -0.39 is 16.1 Å². The van der Waals surface area contributed by atoms with Crippen LogP contribution >= 0.6 is 0 Å². The van der Waals surface area contributed by atoms with Gasteiger partial charge in [-0.1, -0.05) is 45.2 Å². The molecule has 164 valence electrons. The van der Waals surface area contributed by atoms with Crippen molar-refractivity contribution >= 4 is 27.7 Å². The normalized spacial score (nSPS) is 20.9. The molecule has 30 heavy (non-hydrogen) atoms. The average Bonchev–Trinajstić information content (AvgIpc) is 3.36. The Bertz CT molecular complexity index is 923. The molecule has 0 saturated heterocycles. The second-order valence-corrected chi connectivity index (χ2v) is 9.62. The highest BCUT2D eigenvalue weighted by atomic mass is 32.2. The molecule has 1 saturated carbocycles. The van der Waals surface area contributed by atoms with E-state index in [0.717, 1.165) is 25.7 Å². The fraction of sp³-hybridized carbons (Fsp3) is 0.571. The standard InChI is InChI=1S/C21H30N4O4S/c1-3-14(2)18(21(27)23-13-12-22-20(26)15-8-4-5-9-15)24-19-16-10-6-7-11-17(16)30(28,29)25-19/h6-7,10-11,14-15,18H,3-5,8-9,12-13H2,1-2H3,(H,22,26)(H,23,27)(H,24,25)/t14-,18-/m0/s1. The van der Waals surface area contributed by atoms with Gasteiger partial charge in [0.15, 0.2) is 0 Å². The van der Waals surface area contributed by atoms with Gasteiger partial charge in [-0.25, -0.2) is 8.42 Å². The lowest BCUT2D eigenvalue weighted by atomic mass is 9.98. The van der Waals surface area contributed by atoms with E-state index in [9.17, 15) is 18.0 Å². The molecule has 1 aliphatic heterocycles. The zero-order valence-electron chi connectivity index (χ0n) is 17.5. The molecule has 0 bridgehead atoms. The van der Waals surface area contributed by atoms with Gasteiger partial charge >= 0.3 is 0 Å². The Kier molecular flexibility index (Phi) is 7.12. The molecule has 3 N–H and O–H groups in total. The van der Waals surface area contributed by atoms with Gasteiger partial charge in [0, 0.05) is 24.6 Å². The van der Waals surface area contributed by atoms with Crippen LogP contribution in [0.25, 0.3) is 0 Å². The molecule has 1 heterocycles. The molecule has 0 spiro atoms. The summed E-state index contributed by atoms with van der Waals surface area (Å²) in [5, 5.41) is 5.70. The van der Waals surface area contributed by atoms with Gasteiger partial charge in [-0.05, 0) is 30.9 Å². The van der Waals surface area contributed by atoms with Gasteiger partial charge in [-0.15, -0.1) is 0 Å². The largest absolute Gasteiger partial charge is 0.354 e. The van der Waals surface area contributed by atoms with Crippen molar-refractivity contribution in [3.63, 3.8) is 0 Å². The second-order valence-electron chi connectivity index (χ2n) is 7.97. The minimum atomic E-state index is -3.66. The molecule has 1 aromatic carbocycles. The van der Waals surface area contributed by atoms with Crippen molar-refractivity contribution in [2.75, 3.05) is 13.1 Å². The summed E-state index contributed by atoms with van der Waals surface area (Å²) in [6, 6.07) is 5.85. The highest BCUT2D eigenvalue weighted by molar-refractivity contribution is 7.90. The van der Waals surface area contributed by atoms with Crippen LogP contribution in [0.5, 0.6) is 0 Å². The van der Waals surface area contributed by atoms with E-state index in [4.69, 9.17) is 0 Å². The van der Waals surface area contributed by atoms with Gasteiger partial charge < -0.3 is 10.6 Å². The fourth-order valence-corrected chi connectivity index (χ4v) is 5.08. The lowest BCUT2D eigenvalue weighted by Gasteiger charge is -2.19. The van der Waals surface area contributed by atoms with Crippen LogP contribution in [-0.4, -0.2) is 45.2 Å². The number of rotatable bonds is 8. The van der Waals surface area contributed by atoms with E-state index in [0.29, 0.717) is 25.1 Å². The molecular formula is C21H30N4O4S. The maximum absolute atomic E-state index is 12.8. The number of fused-ring (bicyclic) bond motifs is 1. The van der Waals surface area contributed by atoms with Crippen LogP contribution in [0.3, 0.4) is 0 Å². The minimum absolute atomic E-state index is 0.0532. The third-order valence-corrected chi connectivity index (χ3v) is 7.23. The quantitative estimate of drug-likeness (QED) is 0.538. The maximum Gasteiger partial charge on any atom is 0.263 e. The zero-order chi connectivity index (χ0) is 21.7. The van der Waals surface area contributed by atoms with Gasteiger partial charge in [-0.3, -0.25) is 19.3 Å².